The van der Waals surface area contributed by atoms with Crippen molar-refractivity contribution >= 4 is 15.9 Å². The Labute approximate surface area is 159 Å². The average molecular weight is 394 g/mol. The van der Waals surface area contributed by atoms with Crippen molar-refractivity contribution in [3.05, 3.63) is 41.5 Å². The van der Waals surface area contributed by atoms with Crippen LogP contribution in [0.1, 0.15) is 49.9 Å². The minimum Gasteiger partial charge on any atom is -0.355 e. The molecule has 1 amide bonds. The lowest BCUT2D eigenvalue weighted by atomic mass is 10.2. The molecule has 0 fully saturated rings. The quantitative estimate of drug-likeness (QED) is 0.595. The van der Waals surface area contributed by atoms with Gasteiger partial charge in [-0.2, -0.15) is 4.98 Å². The van der Waals surface area contributed by atoms with Crippen LogP contribution in [0, 0.1) is 6.92 Å². The number of hydrogen-bond acceptors (Lipinski definition) is 6. The van der Waals surface area contributed by atoms with Gasteiger partial charge in [-0.1, -0.05) is 36.7 Å². The molecule has 0 atom stereocenters. The molecule has 27 heavy (non-hydrogen) atoms. The van der Waals surface area contributed by atoms with Crippen molar-refractivity contribution in [3.8, 4) is 0 Å². The van der Waals surface area contributed by atoms with E-state index in [1.54, 1.807) is 24.3 Å². The first-order valence-electron chi connectivity index (χ1n) is 8.93. The molecule has 0 spiro atoms. The number of aryl methyl sites for hydroxylation is 2. The van der Waals surface area contributed by atoms with Crippen molar-refractivity contribution in [2.75, 3.05) is 13.1 Å². The molecule has 0 radical (unpaired) electrons. The van der Waals surface area contributed by atoms with Crippen LogP contribution >= 0.6 is 0 Å². The number of rotatable bonds is 10. The molecule has 8 nitrogen and oxygen atoms in total. The number of benzene rings is 1. The Morgan fingerprint density at radius 3 is 2.52 bits per heavy atom. The number of carbonyl (C=O) groups is 1. The highest BCUT2D eigenvalue weighted by molar-refractivity contribution is 7.89. The highest BCUT2D eigenvalue weighted by atomic mass is 32.2. The van der Waals surface area contributed by atoms with Gasteiger partial charge in [0, 0.05) is 31.8 Å². The zero-order valence-electron chi connectivity index (χ0n) is 15.9. The van der Waals surface area contributed by atoms with E-state index in [0.717, 1.165) is 5.56 Å². The molecule has 0 aliphatic rings. The maximum Gasteiger partial charge on any atom is 0.240 e. The average Bonchev–Trinajstić information content (AvgIpc) is 3.08. The number of nitrogens with zero attached hydrogens (tertiary/aromatic N) is 2. The lowest BCUT2D eigenvalue weighted by Crippen LogP contribution is -2.34. The first-order chi connectivity index (χ1) is 12.8. The van der Waals surface area contributed by atoms with Gasteiger partial charge in [-0.3, -0.25) is 4.79 Å². The van der Waals surface area contributed by atoms with E-state index in [0.29, 0.717) is 31.0 Å². The third-order valence-electron chi connectivity index (χ3n) is 3.87. The van der Waals surface area contributed by atoms with Gasteiger partial charge in [-0.15, -0.1) is 0 Å². The molecule has 1 aromatic heterocycles. The van der Waals surface area contributed by atoms with E-state index in [9.17, 15) is 13.2 Å². The highest BCUT2D eigenvalue weighted by Crippen LogP contribution is 2.11. The molecular formula is C18H26N4O4S. The molecule has 0 aliphatic heterocycles. The summed E-state index contributed by atoms with van der Waals surface area (Å²) in [4.78, 5) is 16.3. The van der Waals surface area contributed by atoms with Gasteiger partial charge in [0.2, 0.25) is 21.8 Å². The summed E-state index contributed by atoms with van der Waals surface area (Å²) in [6.07, 6.45) is 1.43. The normalized spacial score (nSPS) is 11.7. The molecule has 148 valence electrons. The van der Waals surface area contributed by atoms with Gasteiger partial charge in [0.05, 0.1) is 4.90 Å². The second-order valence-electron chi connectivity index (χ2n) is 6.62. The van der Waals surface area contributed by atoms with Crippen LogP contribution in [0.15, 0.2) is 33.7 Å². The number of nitrogens with one attached hydrogen (secondary N) is 2. The number of hydrogen-bond donors (Lipinski definition) is 2. The molecule has 9 heteroatoms. The molecule has 2 N–H and O–H groups in total. The minimum absolute atomic E-state index is 0.128. The van der Waals surface area contributed by atoms with Crippen molar-refractivity contribution < 1.29 is 17.7 Å². The molecule has 0 aliphatic carbocycles. The first kappa shape index (κ1) is 21.0. The van der Waals surface area contributed by atoms with E-state index in [-0.39, 0.29) is 29.8 Å². The summed E-state index contributed by atoms with van der Waals surface area (Å²) < 4.78 is 31.8. The van der Waals surface area contributed by atoms with Crippen LogP contribution in [0.5, 0.6) is 0 Å². The molecule has 0 saturated heterocycles. The van der Waals surface area contributed by atoms with E-state index >= 15 is 0 Å². The van der Waals surface area contributed by atoms with Gasteiger partial charge in [-0.05, 0) is 25.5 Å². The number of sulfonamides is 1. The summed E-state index contributed by atoms with van der Waals surface area (Å²) in [5, 5.41) is 6.57. The summed E-state index contributed by atoms with van der Waals surface area (Å²) in [5.41, 5.74) is 0.988. The Kier molecular flexibility index (Phi) is 7.49. The summed E-state index contributed by atoms with van der Waals surface area (Å²) in [6, 6.07) is 6.59. The smallest absolute Gasteiger partial charge is 0.240 e. The molecule has 1 aromatic carbocycles. The minimum atomic E-state index is -3.56. The molecule has 0 saturated carbocycles. The predicted molar refractivity (Wildman–Crippen MR) is 101 cm³/mol. The molecule has 2 rings (SSSR count). The zero-order valence-corrected chi connectivity index (χ0v) is 16.7. The lowest BCUT2D eigenvalue weighted by molar-refractivity contribution is -0.121. The fraction of sp³-hybridized carbons (Fsp3) is 0.500. The van der Waals surface area contributed by atoms with Crippen LogP contribution in [0.4, 0.5) is 0 Å². The first-order valence-corrected chi connectivity index (χ1v) is 10.4. The summed E-state index contributed by atoms with van der Waals surface area (Å²) in [5.74, 6) is 1.25. The van der Waals surface area contributed by atoms with E-state index < -0.39 is 10.0 Å². The topological polar surface area (TPSA) is 114 Å². The van der Waals surface area contributed by atoms with Gasteiger partial charge >= 0.3 is 0 Å². The van der Waals surface area contributed by atoms with Gasteiger partial charge in [0.25, 0.3) is 0 Å². The molecule has 0 bridgehead atoms. The van der Waals surface area contributed by atoms with Crippen LogP contribution in [0.25, 0.3) is 0 Å². The number of aromatic nitrogens is 2. The largest absolute Gasteiger partial charge is 0.355 e. The highest BCUT2D eigenvalue weighted by Gasteiger charge is 2.13. The number of amides is 1. The van der Waals surface area contributed by atoms with Crippen LogP contribution in [0.2, 0.25) is 0 Å². The van der Waals surface area contributed by atoms with E-state index in [1.165, 1.54) is 0 Å². The summed E-state index contributed by atoms with van der Waals surface area (Å²) >= 11 is 0. The Hall–Kier alpha value is -2.26. The Bertz CT molecular complexity index is 845. The van der Waals surface area contributed by atoms with Crippen molar-refractivity contribution in [2.24, 2.45) is 0 Å². The van der Waals surface area contributed by atoms with Gasteiger partial charge in [0.1, 0.15) is 0 Å². The van der Waals surface area contributed by atoms with E-state index in [4.69, 9.17) is 4.52 Å². The zero-order chi connectivity index (χ0) is 19.9. The van der Waals surface area contributed by atoms with Crippen molar-refractivity contribution in [2.45, 2.75) is 50.8 Å². The van der Waals surface area contributed by atoms with E-state index in [1.807, 2.05) is 20.8 Å². The van der Waals surface area contributed by atoms with Crippen LogP contribution in [0.3, 0.4) is 0 Å². The second-order valence-corrected chi connectivity index (χ2v) is 8.38. The molecule has 2 aromatic rings. The van der Waals surface area contributed by atoms with Crippen LogP contribution < -0.4 is 10.0 Å². The Morgan fingerprint density at radius 2 is 1.89 bits per heavy atom. The fourth-order valence-corrected chi connectivity index (χ4v) is 3.31. The summed E-state index contributed by atoms with van der Waals surface area (Å²) in [7, 11) is -3.56. The van der Waals surface area contributed by atoms with Crippen molar-refractivity contribution in [1.82, 2.24) is 20.2 Å². The second kappa shape index (κ2) is 9.61. The third-order valence-corrected chi connectivity index (χ3v) is 5.34. The van der Waals surface area contributed by atoms with Crippen LogP contribution in [-0.2, 0) is 21.2 Å². The van der Waals surface area contributed by atoms with E-state index in [2.05, 4.69) is 20.2 Å². The SMILES string of the molecule is Cc1ccc(S(=O)(=O)NCCNC(=O)CCCc2nc(C(C)C)no2)cc1. The van der Waals surface area contributed by atoms with Crippen molar-refractivity contribution in [3.63, 3.8) is 0 Å². The van der Waals surface area contributed by atoms with Crippen LogP contribution in [-0.4, -0.2) is 37.6 Å². The maximum atomic E-state index is 12.1. The van der Waals surface area contributed by atoms with Gasteiger partial charge in [-0.25, -0.2) is 13.1 Å². The van der Waals surface area contributed by atoms with Gasteiger partial charge < -0.3 is 9.84 Å². The standard InChI is InChI=1S/C18H26N4O4S/c1-13(2)18-21-17(26-22-18)6-4-5-16(23)19-11-12-20-27(24,25)15-9-7-14(3)8-10-15/h7-10,13,20H,4-6,11-12H2,1-3H3,(H,19,23). The predicted octanol–water partition coefficient (Wildman–Crippen LogP) is 1.92. The fourth-order valence-electron chi connectivity index (χ4n) is 2.28. The maximum absolute atomic E-state index is 12.1. The summed E-state index contributed by atoms with van der Waals surface area (Å²) in [6.45, 7) is 6.21. The molecule has 1 heterocycles. The number of carbonyl (C=O) groups excluding carboxylic acids is 1. The van der Waals surface area contributed by atoms with Crippen molar-refractivity contribution in [1.29, 1.82) is 0 Å². The lowest BCUT2D eigenvalue weighted by Gasteiger charge is -2.08. The Balaban J connectivity index is 1.64. The third kappa shape index (κ3) is 6.76. The monoisotopic (exact) mass is 394 g/mol. The molecular weight excluding hydrogens is 368 g/mol. The van der Waals surface area contributed by atoms with Gasteiger partial charge in [0.15, 0.2) is 5.82 Å². The Morgan fingerprint density at radius 1 is 1.19 bits per heavy atom. The molecule has 0 unspecified atom stereocenters.